The highest BCUT2D eigenvalue weighted by molar-refractivity contribution is 5.59. The number of aryl methyl sites for hydroxylation is 1. The van der Waals surface area contributed by atoms with Gasteiger partial charge in [-0.1, -0.05) is 29.8 Å². The van der Waals surface area contributed by atoms with E-state index in [1.807, 2.05) is 12.3 Å². The number of benzene rings is 1. The zero-order valence-electron chi connectivity index (χ0n) is 13.1. The van der Waals surface area contributed by atoms with Crippen LogP contribution >= 0.6 is 0 Å². The topological polar surface area (TPSA) is 124 Å². The summed E-state index contributed by atoms with van der Waals surface area (Å²) in [6.07, 6.45) is 2.36. The molecule has 4 rings (SSSR count). The Balaban J connectivity index is 1.62. The normalized spacial score (nSPS) is 11.2. The highest BCUT2D eigenvalue weighted by atomic mass is 15.3. The Morgan fingerprint density at radius 2 is 1.92 bits per heavy atom. The Labute approximate surface area is 137 Å². The summed E-state index contributed by atoms with van der Waals surface area (Å²) in [6, 6.07) is 10.1. The van der Waals surface area contributed by atoms with Crippen LogP contribution in [-0.4, -0.2) is 29.5 Å². The van der Waals surface area contributed by atoms with E-state index in [1.165, 1.54) is 10.1 Å². The third-order valence-corrected chi connectivity index (χ3v) is 3.76. The lowest BCUT2D eigenvalue weighted by Crippen LogP contribution is -2.06. The fourth-order valence-corrected chi connectivity index (χ4v) is 2.56. The average molecular weight is 320 g/mol. The molecule has 0 aliphatic heterocycles. The second-order valence-electron chi connectivity index (χ2n) is 5.63. The lowest BCUT2D eigenvalue weighted by atomic mass is 10.1. The number of nitrogens with one attached hydrogen (secondary N) is 1. The number of nitrogen functional groups attached to an aromatic ring is 2. The minimum atomic E-state index is 0.131. The molecule has 3 heterocycles. The van der Waals surface area contributed by atoms with E-state index in [-0.39, 0.29) is 11.9 Å². The summed E-state index contributed by atoms with van der Waals surface area (Å²) in [7, 11) is 0. The van der Waals surface area contributed by atoms with Crippen molar-refractivity contribution in [3.05, 3.63) is 53.6 Å². The van der Waals surface area contributed by atoms with Gasteiger partial charge in [-0.05, 0) is 12.5 Å². The summed E-state index contributed by atoms with van der Waals surface area (Å²) in [5.41, 5.74) is 16.0. The molecule has 0 unspecified atom stereocenters. The molecule has 0 amide bonds. The lowest BCUT2D eigenvalue weighted by molar-refractivity contribution is 0.867. The van der Waals surface area contributed by atoms with Gasteiger partial charge in [0.1, 0.15) is 5.82 Å². The first-order chi connectivity index (χ1) is 11.6. The highest BCUT2D eigenvalue weighted by Gasteiger charge is 2.10. The largest absolute Gasteiger partial charge is 0.368 e. The molecule has 5 N–H and O–H groups in total. The van der Waals surface area contributed by atoms with Crippen molar-refractivity contribution in [3.8, 4) is 11.3 Å². The first-order valence-electron chi connectivity index (χ1n) is 7.47. The number of nitrogens with two attached hydrogens (primary N) is 2. The van der Waals surface area contributed by atoms with E-state index in [0.717, 1.165) is 22.8 Å². The van der Waals surface area contributed by atoms with Crippen LogP contribution in [0.4, 0.5) is 11.9 Å². The molecule has 0 spiro atoms. The Kier molecular flexibility index (Phi) is 3.16. The number of aromatic amines is 1. The fraction of sp³-hybridized carbons (Fsp3) is 0.125. The number of H-pyrrole nitrogens is 1. The van der Waals surface area contributed by atoms with Gasteiger partial charge in [0.15, 0.2) is 5.65 Å². The van der Waals surface area contributed by atoms with Gasteiger partial charge in [-0.2, -0.15) is 19.6 Å². The molecule has 0 bridgehead atoms. The Bertz CT molecular complexity index is 1010. The van der Waals surface area contributed by atoms with E-state index in [1.54, 1.807) is 0 Å². The lowest BCUT2D eigenvalue weighted by Gasteiger charge is -1.98. The summed E-state index contributed by atoms with van der Waals surface area (Å²) < 4.78 is 1.47. The van der Waals surface area contributed by atoms with E-state index in [9.17, 15) is 0 Å². The quantitative estimate of drug-likeness (QED) is 0.526. The number of anilines is 2. The predicted molar refractivity (Wildman–Crippen MR) is 91.2 cm³/mol. The van der Waals surface area contributed by atoms with Crippen molar-refractivity contribution < 1.29 is 0 Å². The second-order valence-corrected chi connectivity index (χ2v) is 5.63. The standard InChI is InChI=1S/C16H16N8/c1-9-2-4-10(5-3-9)12-8-19-13(20-12)6-11-7-14-21-15(17)22-16(18)24(14)23-11/h2-5,7-8H,6H2,1H3,(H,19,20)(H4,17,18,21,22). The molecule has 8 nitrogen and oxygen atoms in total. The molecule has 120 valence electrons. The number of imidazole rings is 1. The third-order valence-electron chi connectivity index (χ3n) is 3.76. The van der Waals surface area contributed by atoms with E-state index in [2.05, 4.69) is 56.2 Å². The molecule has 24 heavy (non-hydrogen) atoms. The van der Waals surface area contributed by atoms with Crippen LogP contribution in [0.25, 0.3) is 16.9 Å². The molecule has 0 aliphatic rings. The van der Waals surface area contributed by atoms with Crippen molar-refractivity contribution in [1.82, 2.24) is 29.5 Å². The molecule has 8 heteroatoms. The number of fused-ring (bicyclic) bond motifs is 1. The molecule has 0 saturated heterocycles. The van der Waals surface area contributed by atoms with E-state index < -0.39 is 0 Å². The van der Waals surface area contributed by atoms with Crippen molar-refractivity contribution in [3.63, 3.8) is 0 Å². The maximum atomic E-state index is 5.80. The maximum Gasteiger partial charge on any atom is 0.226 e. The molecule has 0 atom stereocenters. The highest BCUT2D eigenvalue weighted by Crippen LogP contribution is 2.19. The van der Waals surface area contributed by atoms with Crippen LogP contribution in [-0.2, 0) is 6.42 Å². The van der Waals surface area contributed by atoms with Gasteiger partial charge in [-0.15, -0.1) is 0 Å². The Morgan fingerprint density at radius 3 is 2.71 bits per heavy atom. The summed E-state index contributed by atoms with van der Waals surface area (Å²) in [5.74, 6) is 1.16. The van der Waals surface area contributed by atoms with Crippen LogP contribution in [0.1, 0.15) is 17.1 Å². The van der Waals surface area contributed by atoms with Crippen molar-refractivity contribution in [1.29, 1.82) is 0 Å². The number of rotatable bonds is 3. The van der Waals surface area contributed by atoms with E-state index in [4.69, 9.17) is 11.5 Å². The second kappa shape index (κ2) is 5.34. The number of aromatic nitrogens is 6. The molecule has 1 aromatic carbocycles. The van der Waals surface area contributed by atoms with Gasteiger partial charge in [0.25, 0.3) is 0 Å². The van der Waals surface area contributed by atoms with Crippen LogP contribution in [0, 0.1) is 6.92 Å². The van der Waals surface area contributed by atoms with E-state index >= 15 is 0 Å². The van der Waals surface area contributed by atoms with Crippen molar-refractivity contribution >= 4 is 17.5 Å². The van der Waals surface area contributed by atoms with Gasteiger partial charge in [-0.25, -0.2) is 4.98 Å². The molecule has 3 aromatic heterocycles. The Hall–Kier alpha value is -3.42. The summed E-state index contributed by atoms with van der Waals surface area (Å²) in [5, 5.41) is 4.39. The van der Waals surface area contributed by atoms with Crippen molar-refractivity contribution in [2.75, 3.05) is 11.5 Å². The van der Waals surface area contributed by atoms with Crippen LogP contribution in [0.3, 0.4) is 0 Å². The maximum absolute atomic E-state index is 5.80. The first-order valence-corrected chi connectivity index (χ1v) is 7.47. The van der Waals surface area contributed by atoms with Gasteiger partial charge < -0.3 is 16.5 Å². The van der Waals surface area contributed by atoms with Gasteiger partial charge >= 0.3 is 0 Å². The molecule has 0 aliphatic carbocycles. The van der Waals surface area contributed by atoms with Crippen LogP contribution < -0.4 is 11.5 Å². The fourth-order valence-electron chi connectivity index (χ4n) is 2.56. The number of hydrogen-bond acceptors (Lipinski definition) is 6. The molecule has 0 radical (unpaired) electrons. The molecular weight excluding hydrogens is 304 g/mol. The summed E-state index contributed by atoms with van der Waals surface area (Å²) >= 11 is 0. The van der Waals surface area contributed by atoms with Gasteiger partial charge in [0.2, 0.25) is 11.9 Å². The van der Waals surface area contributed by atoms with Crippen LogP contribution in [0.15, 0.2) is 36.5 Å². The minimum absolute atomic E-state index is 0.131. The zero-order chi connectivity index (χ0) is 16.7. The van der Waals surface area contributed by atoms with Crippen LogP contribution in [0.2, 0.25) is 0 Å². The predicted octanol–water partition coefficient (Wildman–Crippen LogP) is 1.58. The third kappa shape index (κ3) is 2.54. The zero-order valence-corrected chi connectivity index (χ0v) is 13.1. The number of hydrogen-bond donors (Lipinski definition) is 3. The average Bonchev–Trinajstić information content (AvgIpc) is 3.15. The summed E-state index contributed by atoms with van der Waals surface area (Å²) in [6.45, 7) is 2.06. The molecule has 0 fully saturated rings. The number of nitrogens with zero attached hydrogens (tertiary/aromatic N) is 5. The molecule has 0 saturated carbocycles. The molecular formula is C16H16N8. The molecule has 4 aromatic rings. The van der Waals surface area contributed by atoms with Crippen molar-refractivity contribution in [2.24, 2.45) is 0 Å². The summed E-state index contributed by atoms with van der Waals surface area (Å²) in [4.78, 5) is 15.7. The monoisotopic (exact) mass is 320 g/mol. The van der Waals surface area contributed by atoms with Crippen molar-refractivity contribution in [2.45, 2.75) is 13.3 Å². The van der Waals surface area contributed by atoms with Gasteiger partial charge in [0.05, 0.1) is 24.0 Å². The SMILES string of the molecule is Cc1ccc(-c2cnc(Cc3cc4nc(N)nc(N)n4n3)[nH]2)cc1. The smallest absolute Gasteiger partial charge is 0.226 e. The van der Waals surface area contributed by atoms with Crippen LogP contribution in [0.5, 0.6) is 0 Å². The Morgan fingerprint density at radius 1 is 1.12 bits per heavy atom. The van der Waals surface area contributed by atoms with E-state index in [0.29, 0.717) is 12.1 Å². The first kappa shape index (κ1) is 14.2. The van der Waals surface area contributed by atoms with Gasteiger partial charge in [0, 0.05) is 6.07 Å². The minimum Gasteiger partial charge on any atom is -0.368 e. The van der Waals surface area contributed by atoms with Gasteiger partial charge in [-0.3, -0.25) is 0 Å².